The predicted molar refractivity (Wildman–Crippen MR) is 112 cm³/mol. The fraction of sp³-hybridized carbons (Fsp3) is 0.500. The van der Waals surface area contributed by atoms with Gasteiger partial charge in [-0.15, -0.1) is 0 Å². The molecule has 3 N–H and O–H groups in total. The van der Waals surface area contributed by atoms with Crippen molar-refractivity contribution >= 4 is 51.4 Å². The molecule has 0 spiro atoms. The maximum absolute atomic E-state index is 9.64. The van der Waals surface area contributed by atoms with Crippen LogP contribution in [-0.4, -0.2) is 51.9 Å². The standard InChI is InChI=1S/C14H17ClN2S2.C4H6O4/c15-13-2-1-10-3-5-16-6-4-11(10)12(13)9-19-14-17-7-8-18-14;5-3(6)1-2-4(7)8/h1-2,16H,3-9H2;1-2H2,(H,5,6)(H,7,8). The van der Waals surface area contributed by atoms with Crippen LogP contribution < -0.4 is 5.32 Å². The zero-order valence-electron chi connectivity index (χ0n) is 14.9. The molecule has 1 aromatic carbocycles. The highest BCUT2D eigenvalue weighted by molar-refractivity contribution is 8.38. The van der Waals surface area contributed by atoms with E-state index >= 15 is 0 Å². The molecule has 0 atom stereocenters. The van der Waals surface area contributed by atoms with Crippen LogP contribution in [0.2, 0.25) is 5.02 Å². The van der Waals surface area contributed by atoms with Crippen LogP contribution in [0.1, 0.15) is 29.5 Å². The third-order valence-electron chi connectivity index (χ3n) is 4.04. The zero-order chi connectivity index (χ0) is 19.6. The maximum atomic E-state index is 9.64. The molecule has 0 aromatic heterocycles. The van der Waals surface area contributed by atoms with Gasteiger partial charge in [0.05, 0.1) is 19.4 Å². The van der Waals surface area contributed by atoms with Gasteiger partial charge in [-0.3, -0.25) is 14.6 Å². The number of carboxylic acid groups (broad SMARTS) is 2. The van der Waals surface area contributed by atoms with Crippen molar-refractivity contribution in [3.8, 4) is 0 Å². The van der Waals surface area contributed by atoms with E-state index in [1.807, 2.05) is 23.5 Å². The number of benzene rings is 1. The molecular weight excluding hydrogens is 408 g/mol. The Morgan fingerprint density at radius 2 is 1.89 bits per heavy atom. The van der Waals surface area contributed by atoms with E-state index in [1.165, 1.54) is 21.1 Å². The Morgan fingerprint density at radius 3 is 2.52 bits per heavy atom. The van der Waals surface area contributed by atoms with Crippen LogP contribution in [0.25, 0.3) is 0 Å². The van der Waals surface area contributed by atoms with E-state index in [0.717, 1.165) is 49.0 Å². The molecule has 27 heavy (non-hydrogen) atoms. The van der Waals surface area contributed by atoms with E-state index in [9.17, 15) is 9.59 Å². The summed E-state index contributed by atoms with van der Waals surface area (Å²) in [6.07, 6.45) is 1.61. The molecule has 3 rings (SSSR count). The van der Waals surface area contributed by atoms with E-state index in [4.69, 9.17) is 21.8 Å². The molecule has 0 saturated heterocycles. The summed E-state index contributed by atoms with van der Waals surface area (Å²) < 4.78 is 1.22. The van der Waals surface area contributed by atoms with E-state index in [-0.39, 0.29) is 12.8 Å². The second-order valence-electron chi connectivity index (χ2n) is 5.99. The van der Waals surface area contributed by atoms with Gasteiger partial charge in [0.1, 0.15) is 4.38 Å². The summed E-state index contributed by atoms with van der Waals surface area (Å²) in [7, 11) is 0. The van der Waals surface area contributed by atoms with Crippen molar-refractivity contribution in [3.05, 3.63) is 33.8 Å². The van der Waals surface area contributed by atoms with Gasteiger partial charge in [-0.1, -0.05) is 41.2 Å². The van der Waals surface area contributed by atoms with Gasteiger partial charge in [0.2, 0.25) is 0 Å². The average Bonchev–Trinajstić information content (AvgIpc) is 3.03. The molecule has 0 aliphatic carbocycles. The summed E-state index contributed by atoms with van der Waals surface area (Å²) in [5.41, 5.74) is 4.25. The van der Waals surface area contributed by atoms with Crippen LogP contribution in [0.15, 0.2) is 17.1 Å². The van der Waals surface area contributed by atoms with E-state index in [0.29, 0.717) is 0 Å². The summed E-state index contributed by atoms with van der Waals surface area (Å²) in [5.74, 6) is -0.0689. The first-order valence-electron chi connectivity index (χ1n) is 8.71. The SMILES string of the molecule is Clc1ccc2c(c1CSC1=NCCS1)CCNCC2.O=C(O)CCC(=O)O. The number of carboxylic acids is 2. The van der Waals surface area contributed by atoms with E-state index in [1.54, 1.807) is 0 Å². The fourth-order valence-electron chi connectivity index (χ4n) is 2.73. The quantitative estimate of drug-likeness (QED) is 0.659. The molecule has 148 valence electrons. The smallest absolute Gasteiger partial charge is 0.303 e. The Bertz CT molecular complexity index is 699. The van der Waals surface area contributed by atoms with Crippen molar-refractivity contribution in [2.75, 3.05) is 25.4 Å². The summed E-state index contributed by atoms with van der Waals surface area (Å²) in [4.78, 5) is 23.8. The van der Waals surface area contributed by atoms with Crippen molar-refractivity contribution in [3.63, 3.8) is 0 Å². The molecule has 0 amide bonds. The Labute approximate surface area is 172 Å². The minimum absolute atomic E-state index is 0.296. The average molecular weight is 431 g/mol. The minimum atomic E-state index is -1.08. The van der Waals surface area contributed by atoms with Gasteiger partial charge in [0, 0.05) is 16.5 Å². The van der Waals surface area contributed by atoms with Crippen LogP contribution in [0, 0.1) is 0 Å². The Hall–Kier alpha value is -1.22. The van der Waals surface area contributed by atoms with Gasteiger partial charge in [0.25, 0.3) is 0 Å². The number of aliphatic carboxylic acids is 2. The van der Waals surface area contributed by atoms with Gasteiger partial charge in [-0.2, -0.15) is 0 Å². The number of thioether (sulfide) groups is 2. The molecule has 0 unspecified atom stereocenters. The summed E-state index contributed by atoms with van der Waals surface area (Å²) >= 11 is 10.1. The summed E-state index contributed by atoms with van der Waals surface area (Å²) in [5, 5.41) is 20.2. The molecule has 9 heteroatoms. The van der Waals surface area contributed by atoms with E-state index < -0.39 is 11.9 Å². The Kier molecular flexibility index (Phi) is 9.47. The fourth-order valence-corrected chi connectivity index (χ4v) is 5.13. The largest absolute Gasteiger partial charge is 0.481 e. The van der Waals surface area contributed by atoms with Gasteiger partial charge in [-0.05, 0) is 48.7 Å². The maximum Gasteiger partial charge on any atom is 0.303 e. The normalized spacial score (nSPS) is 15.8. The van der Waals surface area contributed by atoms with Gasteiger partial charge in [0.15, 0.2) is 0 Å². The number of rotatable bonds is 5. The first kappa shape index (κ1) is 22.1. The lowest BCUT2D eigenvalue weighted by Crippen LogP contribution is -2.16. The lowest BCUT2D eigenvalue weighted by atomic mass is 9.98. The second-order valence-corrected chi connectivity index (χ2v) is 8.70. The van der Waals surface area contributed by atoms with Crippen LogP contribution >= 0.6 is 35.1 Å². The van der Waals surface area contributed by atoms with Gasteiger partial charge >= 0.3 is 11.9 Å². The molecule has 0 saturated carbocycles. The van der Waals surface area contributed by atoms with Crippen molar-refractivity contribution in [2.24, 2.45) is 4.99 Å². The number of hydrogen-bond acceptors (Lipinski definition) is 6. The lowest BCUT2D eigenvalue weighted by molar-refractivity contribution is -0.143. The second kappa shape index (κ2) is 11.6. The van der Waals surface area contributed by atoms with Gasteiger partial charge in [-0.25, -0.2) is 0 Å². The monoisotopic (exact) mass is 430 g/mol. The molecule has 2 aliphatic rings. The molecular formula is C18H23ClN2O4S2. The number of hydrogen-bond donors (Lipinski definition) is 3. The highest BCUT2D eigenvalue weighted by Crippen LogP contribution is 2.32. The van der Waals surface area contributed by atoms with Crippen LogP contribution in [0.5, 0.6) is 0 Å². The van der Waals surface area contributed by atoms with Gasteiger partial charge < -0.3 is 15.5 Å². The molecule has 1 aromatic rings. The van der Waals surface area contributed by atoms with Crippen molar-refractivity contribution in [1.29, 1.82) is 0 Å². The molecule has 2 heterocycles. The molecule has 0 radical (unpaired) electrons. The third kappa shape index (κ3) is 7.73. The Morgan fingerprint density at radius 1 is 1.19 bits per heavy atom. The Balaban J connectivity index is 0.000000279. The van der Waals surface area contributed by atoms with Crippen molar-refractivity contribution < 1.29 is 19.8 Å². The van der Waals surface area contributed by atoms with E-state index in [2.05, 4.69) is 22.4 Å². The van der Waals surface area contributed by atoms with Crippen LogP contribution in [-0.2, 0) is 28.2 Å². The highest BCUT2D eigenvalue weighted by atomic mass is 35.5. The molecule has 2 aliphatic heterocycles. The number of fused-ring (bicyclic) bond motifs is 1. The third-order valence-corrected chi connectivity index (χ3v) is 6.68. The molecule has 0 fully saturated rings. The zero-order valence-corrected chi connectivity index (χ0v) is 17.3. The lowest BCUT2D eigenvalue weighted by Gasteiger charge is -2.13. The molecule has 6 nitrogen and oxygen atoms in total. The first-order valence-corrected chi connectivity index (χ1v) is 11.1. The minimum Gasteiger partial charge on any atom is -0.481 e. The van der Waals surface area contributed by atoms with Crippen molar-refractivity contribution in [1.82, 2.24) is 5.32 Å². The van der Waals surface area contributed by atoms with Crippen LogP contribution in [0.4, 0.5) is 0 Å². The first-order chi connectivity index (χ1) is 13.0. The topological polar surface area (TPSA) is 99.0 Å². The number of nitrogens with zero attached hydrogens (tertiary/aromatic N) is 1. The number of aliphatic imine (C=N–C) groups is 1. The number of halogens is 1. The number of nitrogens with one attached hydrogen (secondary N) is 1. The summed E-state index contributed by atoms with van der Waals surface area (Å²) in [6, 6.07) is 4.26. The van der Waals surface area contributed by atoms with Crippen molar-refractivity contribution in [2.45, 2.75) is 31.4 Å². The summed E-state index contributed by atoms with van der Waals surface area (Å²) in [6.45, 7) is 3.10. The van der Waals surface area contributed by atoms with Crippen LogP contribution in [0.3, 0.4) is 0 Å². The molecule has 0 bridgehead atoms. The highest BCUT2D eigenvalue weighted by Gasteiger charge is 2.16. The number of carbonyl (C=O) groups is 2. The predicted octanol–water partition coefficient (Wildman–Crippen LogP) is 3.30.